The van der Waals surface area contributed by atoms with Crippen LogP contribution in [0.25, 0.3) is 66.1 Å². The van der Waals surface area contributed by atoms with Gasteiger partial charge in [-0.3, -0.25) is 0 Å². The lowest BCUT2D eigenvalue weighted by molar-refractivity contribution is 0.693. The van der Waals surface area contributed by atoms with Crippen molar-refractivity contribution < 1.29 is 23.3 Å². The molecule has 0 aliphatic heterocycles. The largest absolute Gasteiger partial charge is 0.0842 e. The van der Waals surface area contributed by atoms with Crippen molar-refractivity contribution in [2.24, 2.45) is 0 Å². The molecule has 0 heteroatoms. The molecule has 10 rings (SSSR count). The predicted molar refractivity (Wildman–Crippen MR) is 216 cm³/mol. The number of hydrogen-bond acceptors (Lipinski definition) is 0. The van der Waals surface area contributed by atoms with E-state index in [1.165, 1.54) is 0 Å². The lowest BCUT2D eigenvalue weighted by Gasteiger charge is -2.37. The molecule has 0 saturated carbocycles. The van der Waals surface area contributed by atoms with Crippen molar-refractivity contribution in [2.45, 2.75) is 18.3 Å². The topological polar surface area (TPSA) is 0 Å². The van der Waals surface area contributed by atoms with Crippen molar-refractivity contribution in [3.05, 3.63) is 216 Å². The first-order valence-corrected chi connectivity index (χ1v) is 16.7. The molecule has 0 amide bonds. The van der Waals surface area contributed by atoms with E-state index < -0.39 is 152 Å². The second-order valence-electron chi connectivity index (χ2n) is 12.6. The molecule has 51 heavy (non-hydrogen) atoms. The van der Waals surface area contributed by atoms with Crippen molar-refractivity contribution in [1.29, 1.82) is 0 Å². The summed E-state index contributed by atoms with van der Waals surface area (Å²) in [6, 6.07) is 10.8. The molecular formula is C51H36. The Morgan fingerprint density at radius 1 is 0.471 bits per heavy atom. The van der Waals surface area contributed by atoms with Crippen LogP contribution in [0.2, 0.25) is 0 Å². The molecule has 1 unspecified atom stereocenters. The van der Waals surface area contributed by atoms with Gasteiger partial charge in [0.05, 0.1) is 28.7 Å². The van der Waals surface area contributed by atoms with Gasteiger partial charge in [0.1, 0.15) is 0 Å². The summed E-state index contributed by atoms with van der Waals surface area (Å²) in [5, 5.41) is -2.01. The average Bonchev–Trinajstić information content (AvgIpc) is 3.65. The zero-order chi connectivity index (χ0) is 48.6. The van der Waals surface area contributed by atoms with E-state index in [-0.39, 0.29) is 5.56 Å². The fourth-order valence-electron chi connectivity index (χ4n) is 7.96. The second-order valence-corrected chi connectivity index (χ2v) is 12.6. The zero-order valence-electron chi connectivity index (χ0n) is 44.1. The number of benzene rings is 8. The molecule has 0 N–H and O–H groups in total. The summed E-state index contributed by atoms with van der Waals surface area (Å²) in [5.74, 6) is 0. The molecule has 0 nitrogen and oxygen atoms in total. The number of fused-ring (bicyclic) bond motifs is 5. The first-order chi connectivity index (χ1) is 32.4. The molecule has 2 aliphatic rings. The number of hydrogen-bond donors (Lipinski definition) is 0. The number of rotatable bonds is 5. The molecule has 0 fully saturated rings. The summed E-state index contributed by atoms with van der Waals surface area (Å²) >= 11 is 0. The van der Waals surface area contributed by atoms with Crippen molar-refractivity contribution >= 4 is 21.5 Å². The first kappa shape index (κ1) is 17.1. The zero-order valence-corrected chi connectivity index (χ0v) is 27.1. The van der Waals surface area contributed by atoms with E-state index >= 15 is 0 Å². The quantitative estimate of drug-likeness (QED) is 0.161. The summed E-state index contributed by atoms with van der Waals surface area (Å²) in [6.45, 7) is 0. The number of allylic oxidation sites excluding steroid dienone is 4. The lowest BCUT2D eigenvalue weighted by atomic mass is 9.65. The Labute approximate surface area is 323 Å². The Morgan fingerprint density at radius 2 is 1.04 bits per heavy atom. The molecule has 0 heterocycles. The van der Waals surface area contributed by atoms with E-state index in [4.69, 9.17) is 12.3 Å². The lowest BCUT2D eigenvalue weighted by Crippen LogP contribution is -2.30. The van der Waals surface area contributed by atoms with Crippen LogP contribution < -0.4 is 0 Å². The summed E-state index contributed by atoms with van der Waals surface area (Å²) in [7, 11) is 0. The van der Waals surface area contributed by atoms with Crippen LogP contribution in [0.3, 0.4) is 0 Å². The average molecular weight is 666 g/mol. The van der Waals surface area contributed by atoms with Gasteiger partial charge in [-0.1, -0.05) is 193 Å². The third-order valence-corrected chi connectivity index (χ3v) is 10.0. The van der Waals surface area contributed by atoms with Gasteiger partial charge in [0, 0.05) is 0 Å². The molecular weight excluding hydrogens is 613 g/mol. The van der Waals surface area contributed by atoms with E-state index in [0.29, 0.717) is 5.56 Å². The maximum absolute atomic E-state index is 9.73. The van der Waals surface area contributed by atoms with E-state index in [9.17, 15) is 11.0 Å². The van der Waals surface area contributed by atoms with Gasteiger partial charge in [-0.15, -0.1) is 0 Å². The summed E-state index contributed by atoms with van der Waals surface area (Å²) in [5.41, 5.74) is 3.33. The highest BCUT2D eigenvalue weighted by atomic mass is 14.5. The normalized spacial score (nSPS) is 20.9. The summed E-state index contributed by atoms with van der Waals surface area (Å²) in [4.78, 5) is 0. The van der Waals surface area contributed by atoms with Gasteiger partial charge in [-0.05, 0) is 102 Å². The van der Waals surface area contributed by atoms with E-state index in [1.807, 2.05) is 48.5 Å². The Morgan fingerprint density at radius 3 is 1.69 bits per heavy atom. The van der Waals surface area contributed by atoms with E-state index in [2.05, 4.69) is 36.4 Å². The smallest absolute Gasteiger partial charge is 0.0676 e. The van der Waals surface area contributed by atoms with Crippen LogP contribution in [-0.4, -0.2) is 0 Å². The Bertz CT molecular complexity index is 3510. The van der Waals surface area contributed by atoms with Crippen LogP contribution in [0, 0.1) is 0 Å². The first-order valence-electron chi connectivity index (χ1n) is 25.2. The highest BCUT2D eigenvalue weighted by molar-refractivity contribution is 6.21. The third-order valence-electron chi connectivity index (χ3n) is 10.0. The van der Waals surface area contributed by atoms with Gasteiger partial charge >= 0.3 is 0 Å². The van der Waals surface area contributed by atoms with Crippen molar-refractivity contribution in [3.8, 4) is 44.5 Å². The van der Waals surface area contributed by atoms with Crippen LogP contribution >= 0.6 is 0 Å². The van der Waals surface area contributed by atoms with Gasteiger partial charge < -0.3 is 0 Å². The molecule has 0 spiro atoms. The predicted octanol–water partition coefficient (Wildman–Crippen LogP) is 13.6. The minimum atomic E-state index is -0.817. The summed E-state index contributed by atoms with van der Waals surface area (Å²) in [6.07, 6.45) is 7.83. The van der Waals surface area contributed by atoms with Crippen molar-refractivity contribution in [1.82, 2.24) is 0 Å². The molecule has 1 atom stereocenters. The molecule has 8 aromatic rings. The van der Waals surface area contributed by atoms with E-state index in [1.54, 1.807) is 6.07 Å². The highest BCUT2D eigenvalue weighted by Crippen LogP contribution is 2.58. The third kappa shape index (κ3) is 4.53. The van der Waals surface area contributed by atoms with Crippen LogP contribution in [-0.2, 0) is 5.41 Å². The van der Waals surface area contributed by atoms with Crippen molar-refractivity contribution in [2.75, 3.05) is 0 Å². The monoisotopic (exact) mass is 665 g/mol. The maximum Gasteiger partial charge on any atom is 0.0676 e. The van der Waals surface area contributed by atoms with Gasteiger partial charge in [0.15, 0.2) is 0 Å². The fourth-order valence-corrected chi connectivity index (χ4v) is 7.96. The van der Waals surface area contributed by atoms with Gasteiger partial charge in [0.2, 0.25) is 0 Å². The van der Waals surface area contributed by atoms with Gasteiger partial charge in [0.25, 0.3) is 0 Å². The van der Waals surface area contributed by atoms with Gasteiger partial charge in [-0.2, -0.15) is 0 Å². The molecule has 8 aromatic carbocycles. The summed E-state index contributed by atoms with van der Waals surface area (Å²) < 4.78 is 154. The fraction of sp³-hybridized carbons (Fsp3) is 0.0588. The molecule has 240 valence electrons. The van der Waals surface area contributed by atoms with Crippen LogP contribution in [0.5, 0.6) is 0 Å². The van der Waals surface area contributed by atoms with Crippen molar-refractivity contribution in [3.63, 3.8) is 0 Å². The minimum absolute atomic E-state index is 0.0878. The van der Waals surface area contributed by atoms with Gasteiger partial charge in [-0.25, -0.2) is 0 Å². The molecule has 0 radical (unpaired) electrons. The van der Waals surface area contributed by atoms with Crippen LogP contribution in [0.1, 0.15) is 52.8 Å². The Kier molecular flexibility index (Phi) is 4.02. The van der Waals surface area contributed by atoms with E-state index in [0.717, 1.165) is 46.2 Å². The van der Waals surface area contributed by atoms with Crippen LogP contribution in [0.4, 0.5) is 0 Å². The molecule has 0 bridgehead atoms. The molecule has 0 aromatic heterocycles. The second kappa shape index (κ2) is 12.0. The molecule has 0 saturated heterocycles. The molecule has 2 aliphatic carbocycles. The SMILES string of the molecule is [2H]c1c([2H])c([2H])c(-c2c3c([2H])c([2H])c([2H])c([2H])c3c(-c3c([2H])c([2H])c(-c4ccc5c(c4)C(C4=CC=CCC4)(c4ccccc4)c4ccccc4-5)c([2H])c3[2H])c3c([2H])c([2H])c([2H])c([2H])c23)c([2H])c1[2H]. The standard InChI is InChI=1S/C51H36/c1-4-16-36(17-5-1)49-43-23-10-12-25-45(43)50(46-26-13-11-24-44(46)49)37-30-28-35(29-31-37)38-32-33-42-41-22-14-15-27-47(41)51(48(42)34-38,39-18-6-2-7-19-39)40-20-8-3-9-21-40/h1-8,10-20,22-34H,9,21H2/i1D,4D,5D,10D,11D,12D,13D,16D,17D,23D,24D,25D,26D,28D,29D,30D,31D. The highest BCUT2D eigenvalue weighted by Gasteiger charge is 2.47. The maximum atomic E-state index is 9.73. The Balaban J connectivity index is 1.34. The van der Waals surface area contributed by atoms with Crippen LogP contribution in [0.15, 0.2) is 199 Å². The minimum Gasteiger partial charge on any atom is -0.0842 e. The Hall–Kier alpha value is -6.24.